The molecule has 7 rings (SSSR count). The molecule has 0 aliphatic carbocycles. The smallest absolute Gasteiger partial charge is 0.222 e. The van der Waals surface area contributed by atoms with Crippen molar-refractivity contribution in [1.82, 2.24) is 35.0 Å². The van der Waals surface area contributed by atoms with Crippen LogP contribution in [0, 0.1) is 0 Å². The van der Waals surface area contributed by atoms with Crippen molar-refractivity contribution in [2.24, 2.45) is 0 Å². The van der Waals surface area contributed by atoms with Crippen LogP contribution in [0.3, 0.4) is 0 Å². The van der Waals surface area contributed by atoms with E-state index in [2.05, 4.69) is 72.9 Å². The van der Waals surface area contributed by atoms with Crippen LogP contribution < -0.4 is 4.74 Å². The highest BCUT2D eigenvalue weighted by Crippen LogP contribution is 2.37. The summed E-state index contributed by atoms with van der Waals surface area (Å²) in [4.78, 5) is 22.3. The second kappa shape index (κ2) is 11.2. The van der Waals surface area contributed by atoms with Gasteiger partial charge in [-0.05, 0) is 67.2 Å². The second-order valence-electron chi connectivity index (χ2n) is 10.3. The number of likely N-dealkylation sites (tertiary alicyclic amines) is 1. The number of fused-ring (bicyclic) bond motifs is 1. The standard InChI is InChI=1S/C32H29N7OS/c1-40-32-24-19-25(28-6-4-18-41-28)29(35-26(24)11-15-34-32)22-9-7-21(8-10-22)20-39-16-12-23(13-17-39)30-36-31(38-37-30)27-5-2-3-14-33-27/h2-11,14-15,18-19,23H,12-13,16-17,20H2,1H3,(H,36,37,38). The topological polar surface area (TPSA) is 92.7 Å². The van der Waals surface area contributed by atoms with Crippen molar-refractivity contribution in [2.45, 2.75) is 25.3 Å². The molecule has 1 aliphatic rings. The fourth-order valence-corrected chi connectivity index (χ4v) is 6.27. The molecule has 1 saturated heterocycles. The maximum Gasteiger partial charge on any atom is 0.222 e. The molecule has 204 valence electrons. The predicted octanol–water partition coefficient (Wildman–Crippen LogP) is 6.59. The molecule has 1 fully saturated rings. The van der Waals surface area contributed by atoms with E-state index in [4.69, 9.17) is 14.7 Å². The zero-order valence-electron chi connectivity index (χ0n) is 22.7. The number of methoxy groups -OCH3 is 1. The Morgan fingerprint density at radius 2 is 1.83 bits per heavy atom. The third-order valence-electron chi connectivity index (χ3n) is 7.68. The third-order valence-corrected chi connectivity index (χ3v) is 8.59. The lowest BCUT2D eigenvalue weighted by atomic mass is 9.95. The van der Waals surface area contributed by atoms with E-state index in [1.807, 2.05) is 24.3 Å². The molecule has 0 radical (unpaired) electrons. The lowest BCUT2D eigenvalue weighted by Gasteiger charge is -2.30. The number of nitrogens with zero attached hydrogens (tertiary/aromatic N) is 6. The molecule has 5 aromatic heterocycles. The van der Waals surface area contributed by atoms with Crippen LogP contribution in [0.5, 0.6) is 5.88 Å². The van der Waals surface area contributed by atoms with Crippen LogP contribution in [0.2, 0.25) is 0 Å². The Bertz CT molecular complexity index is 1760. The maximum absolute atomic E-state index is 5.52. The Balaban J connectivity index is 1.06. The van der Waals surface area contributed by atoms with Gasteiger partial charge in [0.25, 0.3) is 0 Å². The van der Waals surface area contributed by atoms with Crippen molar-refractivity contribution in [2.75, 3.05) is 20.2 Å². The Morgan fingerprint density at radius 3 is 2.59 bits per heavy atom. The lowest BCUT2D eigenvalue weighted by molar-refractivity contribution is 0.202. The number of pyridine rings is 3. The maximum atomic E-state index is 5.52. The van der Waals surface area contributed by atoms with Crippen LogP contribution in [0.4, 0.5) is 0 Å². The zero-order valence-corrected chi connectivity index (χ0v) is 23.5. The molecule has 41 heavy (non-hydrogen) atoms. The normalized spacial score (nSPS) is 14.5. The molecule has 1 aromatic carbocycles. The number of aromatic nitrogens is 6. The number of benzene rings is 1. The first kappa shape index (κ1) is 25.5. The van der Waals surface area contributed by atoms with Crippen LogP contribution in [-0.4, -0.2) is 55.2 Å². The number of aromatic amines is 1. The summed E-state index contributed by atoms with van der Waals surface area (Å²) in [6, 6.07) is 23.0. The molecule has 8 nitrogen and oxygen atoms in total. The van der Waals surface area contributed by atoms with Crippen molar-refractivity contribution in [1.29, 1.82) is 0 Å². The number of thiophene rings is 1. The van der Waals surface area contributed by atoms with Gasteiger partial charge in [0, 0.05) is 40.9 Å². The van der Waals surface area contributed by atoms with Gasteiger partial charge in [0.15, 0.2) is 11.6 Å². The summed E-state index contributed by atoms with van der Waals surface area (Å²) in [7, 11) is 1.65. The first-order valence-electron chi connectivity index (χ1n) is 13.8. The van der Waals surface area contributed by atoms with E-state index in [1.165, 1.54) is 10.4 Å². The van der Waals surface area contributed by atoms with Gasteiger partial charge in [-0.1, -0.05) is 36.4 Å². The minimum Gasteiger partial charge on any atom is -0.481 e. The summed E-state index contributed by atoms with van der Waals surface area (Å²) in [5.41, 5.74) is 6.15. The quantitative estimate of drug-likeness (QED) is 0.236. The molecule has 0 spiro atoms. The number of rotatable bonds is 7. The average Bonchev–Trinajstić information content (AvgIpc) is 3.75. The number of hydrogen-bond acceptors (Lipinski definition) is 8. The molecule has 0 unspecified atom stereocenters. The summed E-state index contributed by atoms with van der Waals surface area (Å²) in [6.45, 7) is 2.96. The highest BCUT2D eigenvalue weighted by molar-refractivity contribution is 7.13. The summed E-state index contributed by atoms with van der Waals surface area (Å²) >= 11 is 1.71. The van der Waals surface area contributed by atoms with Crippen molar-refractivity contribution in [3.05, 3.63) is 95.9 Å². The summed E-state index contributed by atoms with van der Waals surface area (Å²) in [5, 5.41) is 10.6. The van der Waals surface area contributed by atoms with E-state index >= 15 is 0 Å². The van der Waals surface area contributed by atoms with Gasteiger partial charge in [-0.15, -0.1) is 11.3 Å². The van der Waals surface area contributed by atoms with Crippen molar-refractivity contribution >= 4 is 22.2 Å². The summed E-state index contributed by atoms with van der Waals surface area (Å²) in [5.74, 6) is 2.59. The summed E-state index contributed by atoms with van der Waals surface area (Å²) < 4.78 is 5.52. The van der Waals surface area contributed by atoms with Gasteiger partial charge in [-0.3, -0.25) is 15.0 Å². The number of piperidine rings is 1. The van der Waals surface area contributed by atoms with E-state index in [0.29, 0.717) is 11.8 Å². The van der Waals surface area contributed by atoms with E-state index in [0.717, 1.165) is 77.5 Å². The van der Waals surface area contributed by atoms with Crippen LogP contribution in [0.15, 0.2) is 84.5 Å². The van der Waals surface area contributed by atoms with Gasteiger partial charge in [0.1, 0.15) is 5.69 Å². The fraction of sp³-hybridized carbons (Fsp3) is 0.219. The van der Waals surface area contributed by atoms with Gasteiger partial charge < -0.3 is 4.74 Å². The molecular weight excluding hydrogens is 530 g/mol. The van der Waals surface area contributed by atoms with Gasteiger partial charge in [-0.2, -0.15) is 5.10 Å². The van der Waals surface area contributed by atoms with Crippen LogP contribution >= 0.6 is 11.3 Å². The van der Waals surface area contributed by atoms with E-state index in [1.54, 1.807) is 30.8 Å². The number of hydrogen-bond donors (Lipinski definition) is 1. The second-order valence-corrected chi connectivity index (χ2v) is 11.2. The highest BCUT2D eigenvalue weighted by atomic mass is 32.1. The highest BCUT2D eigenvalue weighted by Gasteiger charge is 2.24. The first-order valence-corrected chi connectivity index (χ1v) is 14.7. The predicted molar refractivity (Wildman–Crippen MR) is 162 cm³/mol. The zero-order chi connectivity index (χ0) is 27.6. The Kier molecular flexibility index (Phi) is 6.96. The molecule has 0 bridgehead atoms. The molecule has 0 saturated carbocycles. The molecule has 9 heteroatoms. The number of ether oxygens (including phenoxy) is 1. The van der Waals surface area contributed by atoms with Crippen molar-refractivity contribution in [3.8, 4) is 39.1 Å². The molecular formula is C32H29N7OS. The Labute approximate surface area is 242 Å². The van der Waals surface area contributed by atoms with Crippen LogP contribution in [0.1, 0.15) is 30.1 Å². The van der Waals surface area contributed by atoms with Crippen LogP contribution in [-0.2, 0) is 6.54 Å². The van der Waals surface area contributed by atoms with E-state index in [9.17, 15) is 0 Å². The Hall–Kier alpha value is -4.47. The fourth-order valence-electron chi connectivity index (χ4n) is 5.52. The SMILES string of the molecule is COc1nccc2nc(-c3ccc(CN4CCC(c5n[nH]c(-c6ccccn6)n5)CC4)cc3)c(-c3cccs3)cc12. The molecule has 1 aliphatic heterocycles. The largest absolute Gasteiger partial charge is 0.481 e. The molecule has 1 N–H and O–H groups in total. The van der Waals surface area contributed by atoms with E-state index < -0.39 is 0 Å². The summed E-state index contributed by atoms with van der Waals surface area (Å²) in [6.07, 6.45) is 5.61. The number of nitrogens with one attached hydrogen (secondary N) is 1. The Morgan fingerprint density at radius 1 is 0.951 bits per heavy atom. The van der Waals surface area contributed by atoms with Crippen molar-refractivity contribution < 1.29 is 4.74 Å². The van der Waals surface area contributed by atoms with Gasteiger partial charge in [0.05, 0.1) is 23.7 Å². The molecule has 6 aromatic rings. The van der Waals surface area contributed by atoms with Crippen molar-refractivity contribution in [3.63, 3.8) is 0 Å². The minimum atomic E-state index is 0.366. The monoisotopic (exact) mass is 559 g/mol. The minimum absolute atomic E-state index is 0.366. The molecule has 0 amide bonds. The van der Waals surface area contributed by atoms with Gasteiger partial charge >= 0.3 is 0 Å². The number of H-pyrrole nitrogens is 1. The lowest BCUT2D eigenvalue weighted by Crippen LogP contribution is -2.32. The van der Waals surface area contributed by atoms with Crippen LogP contribution in [0.25, 0.3) is 44.1 Å². The molecule has 6 heterocycles. The van der Waals surface area contributed by atoms with Gasteiger partial charge in [0.2, 0.25) is 5.88 Å². The van der Waals surface area contributed by atoms with Gasteiger partial charge in [-0.25, -0.2) is 15.0 Å². The molecule has 0 atom stereocenters. The first-order chi connectivity index (χ1) is 20.2. The average molecular weight is 560 g/mol. The van der Waals surface area contributed by atoms with E-state index in [-0.39, 0.29) is 0 Å². The third kappa shape index (κ3) is 5.21.